The number of azo groups is 1. The highest BCUT2D eigenvalue weighted by atomic mass is 35.5. The quantitative estimate of drug-likeness (QED) is 0.155. The SMILES string of the molecule is CCOc1ccc(Cl)c(NC(=O)c2cc3ccccc3c(N=Nc3cc(C)c(S(=O)(=O)O)cc3Cl)c2O)c1. The van der Waals surface area contributed by atoms with Crippen LogP contribution < -0.4 is 10.1 Å². The highest BCUT2D eigenvalue weighted by Crippen LogP contribution is 2.41. The Morgan fingerprint density at radius 1 is 1.03 bits per heavy atom. The molecule has 0 radical (unpaired) electrons. The van der Waals surface area contributed by atoms with Gasteiger partial charge < -0.3 is 15.2 Å². The Labute approximate surface area is 228 Å². The minimum atomic E-state index is -4.48. The van der Waals surface area contributed by atoms with Crippen LogP contribution in [0, 0.1) is 6.92 Å². The van der Waals surface area contributed by atoms with E-state index >= 15 is 0 Å². The van der Waals surface area contributed by atoms with Crippen LogP contribution in [-0.4, -0.2) is 30.6 Å². The van der Waals surface area contributed by atoms with Crippen LogP contribution in [0.4, 0.5) is 17.1 Å². The number of carbonyl (C=O) groups is 1. The summed E-state index contributed by atoms with van der Waals surface area (Å²) in [7, 11) is -4.48. The van der Waals surface area contributed by atoms with Crippen molar-refractivity contribution >= 4 is 67.1 Å². The van der Waals surface area contributed by atoms with Crippen LogP contribution in [0.15, 0.2) is 75.8 Å². The van der Waals surface area contributed by atoms with Crippen molar-refractivity contribution in [2.75, 3.05) is 11.9 Å². The van der Waals surface area contributed by atoms with E-state index in [2.05, 4.69) is 15.5 Å². The topological polar surface area (TPSA) is 138 Å². The van der Waals surface area contributed by atoms with Gasteiger partial charge in [0.25, 0.3) is 16.0 Å². The molecular weight excluding hydrogens is 553 g/mol. The molecule has 0 aliphatic heterocycles. The molecule has 1 amide bonds. The zero-order valence-electron chi connectivity index (χ0n) is 20.1. The second kappa shape index (κ2) is 11.0. The minimum absolute atomic E-state index is 0.00464. The second-order valence-electron chi connectivity index (χ2n) is 8.12. The number of halogens is 2. The number of nitrogens with one attached hydrogen (secondary N) is 1. The number of anilines is 1. The van der Waals surface area contributed by atoms with Gasteiger partial charge in [-0.2, -0.15) is 8.42 Å². The van der Waals surface area contributed by atoms with E-state index in [0.29, 0.717) is 28.8 Å². The van der Waals surface area contributed by atoms with Crippen LogP contribution in [-0.2, 0) is 10.1 Å². The number of hydrogen-bond acceptors (Lipinski definition) is 7. The van der Waals surface area contributed by atoms with E-state index in [-0.39, 0.29) is 37.4 Å². The maximum atomic E-state index is 13.2. The van der Waals surface area contributed by atoms with Gasteiger partial charge in [0.1, 0.15) is 17.1 Å². The molecular formula is C26H21Cl2N3O6S. The molecule has 0 saturated heterocycles. The number of amides is 1. The number of aryl methyl sites for hydroxylation is 1. The first-order valence-corrected chi connectivity index (χ1v) is 13.4. The largest absolute Gasteiger partial charge is 0.505 e. The van der Waals surface area contributed by atoms with E-state index in [0.717, 1.165) is 6.07 Å². The molecule has 4 aromatic rings. The van der Waals surface area contributed by atoms with Crippen molar-refractivity contribution in [2.24, 2.45) is 10.2 Å². The number of hydrogen-bond donors (Lipinski definition) is 3. The predicted molar refractivity (Wildman–Crippen MR) is 146 cm³/mol. The van der Waals surface area contributed by atoms with Gasteiger partial charge in [-0.05, 0) is 55.1 Å². The Hall–Kier alpha value is -3.70. The third kappa shape index (κ3) is 5.73. The third-order valence-corrected chi connectivity index (χ3v) is 7.14. The van der Waals surface area contributed by atoms with Crippen molar-refractivity contribution < 1.29 is 27.6 Å². The van der Waals surface area contributed by atoms with E-state index < -0.39 is 21.8 Å². The zero-order valence-corrected chi connectivity index (χ0v) is 22.4. The molecule has 4 aromatic carbocycles. The van der Waals surface area contributed by atoms with Gasteiger partial charge in [-0.3, -0.25) is 9.35 Å². The van der Waals surface area contributed by atoms with Crippen LogP contribution in [0.3, 0.4) is 0 Å². The first-order chi connectivity index (χ1) is 18.0. The van der Waals surface area contributed by atoms with Crippen molar-refractivity contribution in [3.8, 4) is 11.5 Å². The van der Waals surface area contributed by atoms with E-state index in [1.54, 1.807) is 42.5 Å². The molecule has 4 rings (SSSR count). The van der Waals surface area contributed by atoms with Crippen LogP contribution in [0.5, 0.6) is 11.5 Å². The van der Waals surface area contributed by atoms with Crippen LogP contribution in [0.25, 0.3) is 10.8 Å². The molecule has 0 unspecified atom stereocenters. The lowest BCUT2D eigenvalue weighted by Gasteiger charge is -2.13. The molecule has 196 valence electrons. The number of benzene rings is 4. The Morgan fingerprint density at radius 3 is 2.47 bits per heavy atom. The van der Waals surface area contributed by atoms with Crippen LogP contribution in [0.1, 0.15) is 22.8 Å². The highest BCUT2D eigenvalue weighted by Gasteiger charge is 2.20. The van der Waals surface area contributed by atoms with Gasteiger partial charge in [0.2, 0.25) is 0 Å². The fraction of sp³-hybridized carbons (Fsp3) is 0.115. The molecule has 0 aliphatic carbocycles. The molecule has 38 heavy (non-hydrogen) atoms. The fourth-order valence-electron chi connectivity index (χ4n) is 3.74. The molecule has 0 atom stereocenters. The second-order valence-corrected chi connectivity index (χ2v) is 10.3. The van der Waals surface area contributed by atoms with Gasteiger partial charge in [-0.15, -0.1) is 10.2 Å². The lowest BCUT2D eigenvalue weighted by molar-refractivity contribution is 0.102. The van der Waals surface area contributed by atoms with E-state index in [9.17, 15) is 22.9 Å². The number of aromatic hydroxyl groups is 1. The van der Waals surface area contributed by atoms with E-state index in [1.807, 2.05) is 6.92 Å². The summed E-state index contributed by atoms with van der Waals surface area (Å²) in [4.78, 5) is 12.9. The van der Waals surface area contributed by atoms with Gasteiger partial charge in [-0.25, -0.2) is 0 Å². The summed E-state index contributed by atoms with van der Waals surface area (Å²) in [5, 5.41) is 23.3. The van der Waals surface area contributed by atoms with Crippen LogP contribution in [0.2, 0.25) is 10.0 Å². The average molecular weight is 574 g/mol. The number of phenols is 1. The van der Waals surface area contributed by atoms with Crippen molar-refractivity contribution in [3.05, 3.63) is 81.8 Å². The standard InChI is InChI=1S/C26H21Cl2N3O6S/c1-3-37-16-8-9-19(27)21(12-16)29-26(33)18-11-15-6-4-5-7-17(15)24(25(18)32)31-30-22-10-14(2)23(13-20(22)28)38(34,35)36/h4-13,32H,3H2,1-2H3,(H,29,33)(H,34,35,36). The third-order valence-electron chi connectivity index (χ3n) is 5.52. The lowest BCUT2D eigenvalue weighted by Crippen LogP contribution is -2.12. The predicted octanol–water partition coefficient (Wildman–Crippen LogP) is 7.47. The smallest absolute Gasteiger partial charge is 0.294 e. The first kappa shape index (κ1) is 27.3. The van der Waals surface area contributed by atoms with Crippen LogP contribution >= 0.6 is 23.2 Å². The number of carbonyl (C=O) groups excluding carboxylic acids is 1. The molecule has 0 spiro atoms. The molecule has 3 N–H and O–H groups in total. The Morgan fingerprint density at radius 2 is 1.76 bits per heavy atom. The minimum Gasteiger partial charge on any atom is -0.505 e. The molecule has 0 aliphatic rings. The monoisotopic (exact) mass is 573 g/mol. The van der Waals surface area contributed by atoms with Gasteiger partial charge in [-0.1, -0.05) is 47.5 Å². The number of fused-ring (bicyclic) bond motifs is 1. The molecule has 0 aromatic heterocycles. The summed E-state index contributed by atoms with van der Waals surface area (Å²) in [6, 6.07) is 15.7. The summed E-state index contributed by atoms with van der Waals surface area (Å²) in [6.07, 6.45) is 0. The van der Waals surface area contributed by atoms with E-state index in [4.69, 9.17) is 27.9 Å². The highest BCUT2D eigenvalue weighted by molar-refractivity contribution is 7.85. The van der Waals surface area contributed by atoms with Crippen molar-refractivity contribution in [1.82, 2.24) is 0 Å². The van der Waals surface area contributed by atoms with E-state index in [1.165, 1.54) is 19.1 Å². The summed E-state index contributed by atoms with van der Waals surface area (Å²) in [5.41, 5.74) is 0.489. The Balaban J connectivity index is 1.77. The van der Waals surface area contributed by atoms with Gasteiger partial charge in [0.15, 0.2) is 5.75 Å². The molecule has 0 heterocycles. The molecule has 9 nitrogen and oxygen atoms in total. The zero-order chi connectivity index (χ0) is 27.6. The molecule has 0 bridgehead atoms. The molecule has 0 saturated carbocycles. The van der Waals surface area contributed by atoms with Gasteiger partial charge in [0, 0.05) is 11.5 Å². The maximum absolute atomic E-state index is 13.2. The summed E-state index contributed by atoms with van der Waals surface area (Å²) in [5.74, 6) is -0.576. The van der Waals surface area contributed by atoms with Gasteiger partial charge in [0.05, 0.1) is 32.8 Å². The number of phenolic OH excluding ortho intramolecular Hbond substituents is 1. The Bertz CT molecular complexity index is 1710. The maximum Gasteiger partial charge on any atom is 0.294 e. The van der Waals surface area contributed by atoms with Crippen molar-refractivity contribution in [1.29, 1.82) is 0 Å². The normalized spacial score (nSPS) is 11.7. The molecule has 0 fully saturated rings. The summed E-state index contributed by atoms with van der Waals surface area (Å²) < 4.78 is 37.9. The molecule has 12 heteroatoms. The fourth-order valence-corrected chi connectivity index (χ4v) is 4.91. The summed E-state index contributed by atoms with van der Waals surface area (Å²) >= 11 is 12.4. The van der Waals surface area contributed by atoms with Crippen molar-refractivity contribution in [2.45, 2.75) is 18.7 Å². The van der Waals surface area contributed by atoms with Gasteiger partial charge >= 0.3 is 0 Å². The van der Waals surface area contributed by atoms with Crippen molar-refractivity contribution in [3.63, 3.8) is 0 Å². The number of nitrogens with zero attached hydrogens (tertiary/aromatic N) is 2. The first-order valence-electron chi connectivity index (χ1n) is 11.2. The average Bonchev–Trinajstić information content (AvgIpc) is 2.86. The summed E-state index contributed by atoms with van der Waals surface area (Å²) in [6.45, 7) is 3.71. The lowest BCUT2D eigenvalue weighted by atomic mass is 10.0. The number of rotatable bonds is 7. The number of ether oxygens (including phenoxy) is 1. The Kier molecular flexibility index (Phi) is 7.89.